The monoisotopic (exact) mass is 492 g/mol. The van der Waals surface area contributed by atoms with Crippen LogP contribution in [0.15, 0.2) is 42.9 Å². The Bertz CT molecular complexity index is 1230. The molecule has 0 atom stereocenters. The minimum absolute atomic E-state index is 0.00644. The van der Waals surface area contributed by atoms with Crippen molar-refractivity contribution in [3.05, 3.63) is 59.9 Å². The first-order valence-electron chi connectivity index (χ1n) is 10.7. The van der Waals surface area contributed by atoms with Crippen molar-refractivity contribution in [2.24, 2.45) is 0 Å². The molecule has 0 saturated carbocycles. The number of nitrogens with zero attached hydrogens (tertiary/aromatic N) is 5. The molecule has 1 aliphatic heterocycles. The van der Waals surface area contributed by atoms with Gasteiger partial charge in [-0.3, -0.25) is 4.79 Å². The number of hydrogen-bond acceptors (Lipinski definition) is 6. The van der Waals surface area contributed by atoms with Crippen LogP contribution >= 0.6 is 0 Å². The van der Waals surface area contributed by atoms with Crippen molar-refractivity contribution in [3.8, 4) is 11.3 Å². The van der Waals surface area contributed by atoms with Crippen LogP contribution in [0.25, 0.3) is 11.3 Å². The van der Waals surface area contributed by atoms with Crippen LogP contribution in [0.4, 0.5) is 33.5 Å². The number of aromatic nitrogens is 4. The lowest BCUT2D eigenvalue weighted by molar-refractivity contribution is -0.141. The van der Waals surface area contributed by atoms with E-state index < -0.39 is 36.7 Å². The fraction of sp³-hybridized carbons (Fsp3) is 0.348. The van der Waals surface area contributed by atoms with Crippen LogP contribution in [-0.4, -0.2) is 44.9 Å². The maximum Gasteiger partial charge on any atom is 0.433 e. The zero-order chi connectivity index (χ0) is 25.4. The van der Waals surface area contributed by atoms with Crippen LogP contribution < -0.4 is 10.2 Å². The molecule has 1 amide bonds. The zero-order valence-electron chi connectivity index (χ0n) is 18.8. The average Bonchev–Trinajstić information content (AvgIpc) is 3.18. The van der Waals surface area contributed by atoms with Gasteiger partial charge in [0.15, 0.2) is 5.82 Å². The number of amides is 1. The molecule has 4 rings (SSSR count). The number of anilines is 2. The Morgan fingerprint density at radius 2 is 1.83 bits per heavy atom. The molecule has 1 aliphatic rings. The van der Waals surface area contributed by atoms with Crippen LogP contribution in [0.1, 0.15) is 48.1 Å². The topological polar surface area (TPSA) is 83.9 Å². The average molecular weight is 492 g/mol. The number of hydrogen-bond donors (Lipinski definition) is 1. The fourth-order valence-corrected chi connectivity index (χ4v) is 3.63. The lowest BCUT2D eigenvalue weighted by Crippen LogP contribution is -2.27. The summed E-state index contributed by atoms with van der Waals surface area (Å²) in [6, 6.07) is 4.70. The van der Waals surface area contributed by atoms with Crippen LogP contribution in [0.5, 0.6) is 0 Å². The smallest absolute Gasteiger partial charge is 0.349 e. The number of nitrogens with one attached hydrogen (secondary N) is 1. The molecule has 0 spiro atoms. The number of carbonyl (C=O) groups excluding carboxylic acids is 1. The van der Waals surface area contributed by atoms with Gasteiger partial charge in [-0.1, -0.05) is 19.9 Å². The molecule has 7 nitrogen and oxygen atoms in total. The van der Waals surface area contributed by atoms with Gasteiger partial charge in [0.2, 0.25) is 0 Å². The minimum atomic E-state index is -4.69. The highest BCUT2D eigenvalue weighted by molar-refractivity contribution is 6.07. The maximum absolute atomic E-state index is 13.9. The Balaban J connectivity index is 1.78. The van der Waals surface area contributed by atoms with E-state index in [0.717, 1.165) is 6.07 Å². The van der Waals surface area contributed by atoms with Gasteiger partial charge in [-0.2, -0.15) is 13.2 Å². The number of rotatable bonds is 5. The first-order valence-corrected chi connectivity index (χ1v) is 10.7. The summed E-state index contributed by atoms with van der Waals surface area (Å²) in [5.74, 6) is -3.07. The molecule has 0 aromatic carbocycles. The second kappa shape index (κ2) is 9.16. The molecule has 12 heteroatoms. The molecule has 3 aromatic heterocycles. The van der Waals surface area contributed by atoms with Gasteiger partial charge in [-0.25, -0.2) is 28.7 Å². The second-order valence-corrected chi connectivity index (χ2v) is 8.43. The molecule has 4 heterocycles. The molecule has 1 fully saturated rings. The third-order valence-corrected chi connectivity index (χ3v) is 5.40. The third-order valence-electron chi connectivity index (χ3n) is 5.40. The molecule has 1 N–H and O–H groups in total. The largest absolute Gasteiger partial charge is 0.433 e. The van der Waals surface area contributed by atoms with E-state index in [9.17, 15) is 26.7 Å². The molecular weight excluding hydrogens is 471 g/mol. The van der Waals surface area contributed by atoms with Gasteiger partial charge in [0.05, 0.1) is 23.5 Å². The second-order valence-electron chi connectivity index (χ2n) is 8.43. The molecule has 0 unspecified atom stereocenters. The molecule has 35 heavy (non-hydrogen) atoms. The van der Waals surface area contributed by atoms with Crippen LogP contribution in [0.3, 0.4) is 0 Å². The zero-order valence-corrected chi connectivity index (χ0v) is 18.8. The normalized spacial score (nSPS) is 15.5. The first-order chi connectivity index (χ1) is 16.4. The van der Waals surface area contributed by atoms with E-state index in [4.69, 9.17) is 0 Å². The highest BCUT2D eigenvalue weighted by Gasteiger charge is 2.40. The van der Waals surface area contributed by atoms with Crippen LogP contribution in [0.2, 0.25) is 0 Å². The summed E-state index contributed by atoms with van der Waals surface area (Å²) in [5.41, 5.74) is -1.08. The molecule has 0 bridgehead atoms. The molecule has 3 aromatic rings. The maximum atomic E-state index is 13.9. The Hall–Kier alpha value is -3.70. The molecule has 184 valence electrons. The van der Waals surface area contributed by atoms with Gasteiger partial charge in [-0.15, -0.1) is 0 Å². The van der Waals surface area contributed by atoms with E-state index in [1.807, 2.05) is 13.8 Å². The van der Waals surface area contributed by atoms with Crippen molar-refractivity contribution in [2.45, 2.75) is 38.3 Å². The quantitative estimate of drug-likeness (QED) is 0.495. The Kier molecular flexibility index (Phi) is 6.39. The SMILES string of the molecule is CC(C)c1ncc(C(=O)Nc2c(-c3cccc(C(F)(F)F)n3)ccnc2N2CCC(F)(F)C2)cn1. The van der Waals surface area contributed by atoms with E-state index in [2.05, 4.69) is 25.3 Å². The van der Waals surface area contributed by atoms with Gasteiger partial charge >= 0.3 is 6.18 Å². The van der Waals surface area contributed by atoms with Crippen molar-refractivity contribution < 1.29 is 26.7 Å². The molecule has 0 radical (unpaired) electrons. The van der Waals surface area contributed by atoms with Gasteiger partial charge in [-0.05, 0) is 18.2 Å². The van der Waals surface area contributed by atoms with E-state index >= 15 is 0 Å². The van der Waals surface area contributed by atoms with Crippen molar-refractivity contribution in [1.29, 1.82) is 0 Å². The summed E-state index contributed by atoms with van der Waals surface area (Å²) in [7, 11) is 0. The van der Waals surface area contributed by atoms with Crippen molar-refractivity contribution in [1.82, 2.24) is 19.9 Å². The highest BCUT2D eigenvalue weighted by Crippen LogP contribution is 2.39. The van der Waals surface area contributed by atoms with E-state index in [1.54, 1.807) is 0 Å². The first kappa shape index (κ1) is 24.4. The summed E-state index contributed by atoms with van der Waals surface area (Å²) in [4.78, 5) is 30.4. The van der Waals surface area contributed by atoms with E-state index in [0.29, 0.717) is 5.82 Å². The lowest BCUT2D eigenvalue weighted by Gasteiger charge is -2.23. The number of carbonyl (C=O) groups is 1. The van der Waals surface area contributed by atoms with E-state index in [-0.39, 0.29) is 40.8 Å². The number of halogens is 5. The predicted molar refractivity (Wildman–Crippen MR) is 118 cm³/mol. The fourth-order valence-electron chi connectivity index (χ4n) is 3.63. The van der Waals surface area contributed by atoms with Gasteiger partial charge < -0.3 is 10.2 Å². The van der Waals surface area contributed by atoms with Gasteiger partial charge in [0, 0.05) is 43.0 Å². The van der Waals surface area contributed by atoms with Crippen molar-refractivity contribution in [3.63, 3.8) is 0 Å². The Labute approximate surface area is 197 Å². The molecule has 0 aliphatic carbocycles. The lowest BCUT2D eigenvalue weighted by atomic mass is 10.1. The Morgan fingerprint density at radius 1 is 1.11 bits per heavy atom. The highest BCUT2D eigenvalue weighted by atomic mass is 19.4. The third kappa shape index (κ3) is 5.36. The van der Waals surface area contributed by atoms with Crippen molar-refractivity contribution >= 4 is 17.4 Å². The van der Waals surface area contributed by atoms with Crippen LogP contribution in [0, 0.1) is 0 Å². The summed E-state index contributed by atoms with van der Waals surface area (Å²) in [5, 5.41) is 2.62. The van der Waals surface area contributed by atoms with Crippen LogP contribution in [-0.2, 0) is 6.18 Å². The minimum Gasteiger partial charge on any atom is -0.349 e. The summed E-state index contributed by atoms with van der Waals surface area (Å²) >= 11 is 0. The van der Waals surface area contributed by atoms with E-state index in [1.165, 1.54) is 41.7 Å². The summed E-state index contributed by atoms with van der Waals surface area (Å²) < 4.78 is 67.7. The number of pyridine rings is 2. The molecule has 1 saturated heterocycles. The summed E-state index contributed by atoms with van der Waals surface area (Å²) in [6.07, 6.45) is -1.19. The standard InChI is InChI=1S/C23H21F5N6O/c1-13(2)19-30-10-14(11-31-19)21(35)33-18-15(16-4-3-5-17(32-16)23(26,27)28)6-8-29-20(18)34-9-7-22(24,25)12-34/h3-6,8,10-11,13H,7,9,12H2,1-2H3,(H,33,35). The van der Waals surface area contributed by atoms with Crippen molar-refractivity contribution in [2.75, 3.05) is 23.3 Å². The predicted octanol–water partition coefficient (Wildman–Crippen LogP) is 5.17. The molecular formula is C23H21F5N6O. The number of alkyl halides is 5. The van der Waals surface area contributed by atoms with Gasteiger partial charge in [0.1, 0.15) is 11.5 Å². The van der Waals surface area contributed by atoms with Gasteiger partial charge in [0.25, 0.3) is 11.8 Å². The summed E-state index contributed by atoms with van der Waals surface area (Å²) in [6.45, 7) is 3.08. The Morgan fingerprint density at radius 3 is 2.43 bits per heavy atom.